The predicted molar refractivity (Wildman–Crippen MR) is 247 cm³/mol. The molecule has 10 nitrogen and oxygen atoms in total. The Balaban J connectivity index is 4.24. The number of hydrogen-bond acceptors (Lipinski definition) is 9. The molecule has 1 unspecified atom stereocenters. The molecular weight excluding hydrogens is 780 g/mol. The Bertz CT molecular complexity index is 1140. The molecule has 60 heavy (non-hydrogen) atoms. The highest BCUT2D eigenvalue weighted by molar-refractivity contribution is 7.47. The minimum Gasteiger partial charge on any atom is -0.462 e. The van der Waals surface area contributed by atoms with Crippen molar-refractivity contribution in [3.63, 3.8) is 0 Å². The summed E-state index contributed by atoms with van der Waals surface area (Å²) in [6.07, 6.45) is 49.5. The number of phosphoric acid groups is 1. The van der Waals surface area contributed by atoms with Gasteiger partial charge in [-0.2, -0.15) is 0 Å². The zero-order valence-corrected chi connectivity index (χ0v) is 39.1. The number of esters is 2. The maximum Gasteiger partial charge on any atom is 0.472 e. The first-order valence-corrected chi connectivity index (χ1v) is 25.6. The molecule has 0 aliphatic rings. The third-order valence-corrected chi connectivity index (χ3v) is 11.1. The van der Waals surface area contributed by atoms with E-state index >= 15 is 0 Å². The van der Waals surface area contributed by atoms with E-state index < -0.39 is 51.8 Å². The number of allylic oxidation sites excluding steroid dienone is 8. The van der Waals surface area contributed by atoms with E-state index in [2.05, 4.69) is 67.0 Å². The van der Waals surface area contributed by atoms with Crippen LogP contribution in [0.1, 0.15) is 213 Å². The van der Waals surface area contributed by atoms with Gasteiger partial charge in [-0.25, -0.2) is 4.57 Å². The Labute approximate surface area is 366 Å². The number of phosphoric ester groups is 1. The fourth-order valence-corrected chi connectivity index (χ4v) is 7.23. The fourth-order valence-electron chi connectivity index (χ4n) is 6.44. The molecule has 3 atom stereocenters. The number of rotatable bonds is 45. The zero-order valence-electron chi connectivity index (χ0n) is 38.2. The first-order valence-electron chi connectivity index (χ1n) is 24.1. The van der Waals surface area contributed by atoms with Crippen LogP contribution >= 0.6 is 7.82 Å². The van der Waals surface area contributed by atoms with Crippen LogP contribution in [0, 0.1) is 0 Å². The summed E-state index contributed by atoms with van der Waals surface area (Å²) < 4.78 is 32.7. The van der Waals surface area contributed by atoms with E-state index in [1.165, 1.54) is 103 Å². The highest BCUT2D eigenvalue weighted by Crippen LogP contribution is 2.43. The first-order chi connectivity index (χ1) is 29.2. The molecule has 0 aliphatic carbocycles. The monoisotopic (exact) mass is 869 g/mol. The molecular formula is C49H89O10P. The third kappa shape index (κ3) is 44.0. The van der Waals surface area contributed by atoms with Crippen molar-refractivity contribution in [3.05, 3.63) is 48.6 Å². The van der Waals surface area contributed by atoms with Gasteiger partial charge in [0.15, 0.2) is 6.10 Å². The van der Waals surface area contributed by atoms with Gasteiger partial charge in [-0.1, -0.05) is 178 Å². The number of hydrogen-bond donors (Lipinski definition) is 3. The highest BCUT2D eigenvalue weighted by atomic mass is 31.2. The van der Waals surface area contributed by atoms with Gasteiger partial charge in [-0.05, 0) is 70.6 Å². The van der Waals surface area contributed by atoms with E-state index in [4.69, 9.17) is 19.1 Å². The average molecular weight is 869 g/mol. The van der Waals surface area contributed by atoms with Gasteiger partial charge in [0.05, 0.1) is 19.8 Å². The Morgan fingerprint density at radius 3 is 1.45 bits per heavy atom. The van der Waals surface area contributed by atoms with Gasteiger partial charge in [0, 0.05) is 12.8 Å². The Hall–Kier alpha value is -2.07. The third-order valence-electron chi connectivity index (χ3n) is 10.2. The summed E-state index contributed by atoms with van der Waals surface area (Å²) in [5.74, 6) is -0.988. The lowest BCUT2D eigenvalue weighted by atomic mass is 10.0. The normalized spacial score (nSPS) is 14.2. The van der Waals surface area contributed by atoms with Crippen LogP contribution in [0.5, 0.6) is 0 Å². The van der Waals surface area contributed by atoms with Gasteiger partial charge in [-0.3, -0.25) is 18.6 Å². The molecule has 0 bridgehead atoms. The number of carbonyl (C=O) groups excluding carboxylic acids is 2. The van der Waals surface area contributed by atoms with Gasteiger partial charge >= 0.3 is 19.8 Å². The van der Waals surface area contributed by atoms with Gasteiger partial charge < -0.3 is 24.6 Å². The largest absolute Gasteiger partial charge is 0.472 e. The number of carbonyl (C=O) groups is 2. The number of aliphatic hydroxyl groups excluding tert-OH is 2. The second-order valence-corrected chi connectivity index (χ2v) is 17.6. The van der Waals surface area contributed by atoms with Crippen molar-refractivity contribution >= 4 is 19.8 Å². The Morgan fingerprint density at radius 2 is 0.917 bits per heavy atom. The maximum absolute atomic E-state index is 12.6. The number of unbranched alkanes of at least 4 members (excludes halogenated alkanes) is 23. The lowest BCUT2D eigenvalue weighted by Crippen LogP contribution is -2.29. The molecule has 0 aromatic carbocycles. The first kappa shape index (κ1) is 57.9. The van der Waals surface area contributed by atoms with Gasteiger partial charge in [0.1, 0.15) is 12.7 Å². The van der Waals surface area contributed by atoms with Gasteiger partial charge in [0.2, 0.25) is 0 Å². The maximum atomic E-state index is 12.6. The van der Waals surface area contributed by atoms with E-state index in [9.17, 15) is 24.2 Å². The summed E-state index contributed by atoms with van der Waals surface area (Å²) in [4.78, 5) is 35.0. The summed E-state index contributed by atoms with van der Waals surface area (Å²) in [6, 6.07) is 0. The molecule has 350 valence electrons. The van der Waals surface area contributed by atoms with E-state index in [0.717, 1.165) is 70.6 Å². The number of aliphatic hydroxyl groups is 2. The summed E-state index contributed by atoms with van der Waals surface area (Å²) in [5.41, 5.74) is 0. The molecule has 0 spiro atoms. The summed E-state index contributed by atoms with van der Waals surface area (Å²) in [5, 5.41) is 18.4. The topological polar surface area (TPSA) is 149 Å². The molecule has 0 rings (SSSR count). The summed E-state index contributed by atoms with van der Waals surface area (Å²) >= 11 is 0. The molecule has 0 aromatic rings. The SMILES string of the molecule is CCCC/C=C/C/C=C/CCCCCCCC(=O)O[C@@H](COC(=O)CCC/C=C/CC/C=C/CCCCCCCCCCCCCCCC)COP(=O)(O)OC[C@H](O)CO. The second-order valence-electron chi connectivity index (χ2n) is 16.1. The minimum atomic E-state index is -4.63. The van der Waals surface area contributed by atoms with Crippen molar-refractivity contribution in [1.29, 1.82) is 0 Å². The van der Waals surface area contributed by atoms with Crippen molar-refractivity contribution in [1.82, 2.24) is 0 Å². The van der Waals surface area contributed by atoms with Crippen LogP contribution < -0.4 is 0 Å². The van der Waals surface area contributed by atoms with E-state index in [-0.39, 0.29) is 19.4 Å². The smallest absolute Gasteiger partial charge is 0.462 e. The Kier molecular flexibility index (Phi) is 43.4. The van der Waals surface area contributed by atoms with E-state index in [1.54, 1.807) is 0 Å². The molecule has 0 aliphatic heterocycles. The van der Waals surface area contributed by atoms with Crippen LogP contribution in [-0.4, -0.2) is 65.7 Å². The van der Waals surface area contributed by atoms with Crippen molar-refractivity contribution in [2.24, 2.45) is 0 Å². The van der Waals surface area contributed by atoms with Crippen LogP contribution in [-0.2, 0) is 32.7 Å². The molecule has 11 heteroatoms. The second kappa shape index (κ2) is 45.0. The van der Waals surface area contributed by atoms with Crippen molar-refractivity contribution in [2.45, 2.75) is 225 Å². The van der Waals surface area contributed by atoms with Gasteiger partial charge in [0.25, 0.3) is 0 Å². The van der Waals surface area contributed by atoms with Crippen LogP contribution in [0.4, 0.5) is 0 Å². The van der Waals surface area contributed by atoms with Crippen LogP contribution in [0.25, 0.3) is 0 Å². The molecule has 3 N–H and O–H groups in total. The van der Waals surface area contributed by atoms with E-state index in [0.29, 0.717) is 12.8 Å². The molecule has 0 saturated heterocycles. The fraction of sp³-hybridized carbons (Fsp3) is 0.796. The van der Waals surface area contributed by atoms with Crippen molar-refractivity contribution in [2.75, 3.05) is 26.4 Å². The quantitative estimate of drug-likeness (QED) is 0.0234. The highest BCUT2D eigenvalue weighted by Gasteiger charge is 2.27. The standard InChI is InChI=1S/C49H89O10P/c1-3-5-7-9-11-13-15-17-19-20-21-22-23-24-25-26-27-29-30-32-34-36-38-40-48(52)56-44-47(45-58-60(54,55)57-43-46(51)42-50)59-49(53)41-39-37-35-33-31-28-18-16-14-12-10-8-6-4-2/h10,12,16,18,26-27,32,34,46-47,50-51H,3-9,11,13-15,17,19-25,28-31,33,35-45H2,1-2H3,(H,54,55)/b12-10+,18-16+,27-26+,34-32+/t46-,47+/m1/s1. The minimum absolute atomic E-state index is 0.159. The molecule has 0 radical (unpaired) electrons. The molecule has 0 amide bonds. The molecule has 0 heterocycles. The lowest BCUT2D eigenvalue weighted by molar-refractivity contribution is -0.161. The van der Waals surface area contributed by atoms with E-state index in [1.807, 2.05) is 0 Å². The Morgan fingerprint density at radius 1 is 0.500 bits per heavy atom. The van der Waals surface area contributed by atoms with Crippen molar-refractivity contribution in [3.8, 4) is 0 Å². The summed E-state index contributed by atoms with van der Waals surface area (Å²) in [7, 11) is -4.63. The molecule has 0 aromatic heterocycles. The lowest BCUT2D eigenvalue weighted by Gasteiger charge is -2.20. The zero-order chi connectivity index (χ0) is 44.0. The number of ether oxygens (including phenoxy) is 2. The molecule has 0 saturated carbocycles. The van der Waals surface area contributed by atoms with Crippen LogP contribution in [0.3, 0.4) is 0 Å². The van der Waals surface area contributed by atoms with Gasteiger partial charge in [-0.15, -0.1) is 0 Å². The summed E-state index contributed by atoms with van der Waals surface area (Å²) in [6.45, 7) is 2.30. The average Bonchev–Trinajstić information content (AvgIpc) is 3.24. The van der Waals surface area contributed by atoms with Crippen LogP contribution in [0.15, 0.2) is 48.6 Å². The van der Waals surface area contributed by atoms with Crippen molar-refractivity contribution < 1.29 is 47.8 Å². The van der Waals surface area contributed by atoms with Crippen LogP contribution in [0.2, 0.25) is 0 Å². The molecule has 0 fully saturated rings. The predicted octanol–water partition coefficient (Wildman–Crippen LogP) is 13.3.